The molecule has 0 spiro atoms. The summed E-state index contributed by atoms with van der Waals surface area (Å²) in [5.74, 6) is -2.27. The molecule has 0 radical (unpaired) electrons. The first-order valence-corrected chi connectivity index (χ1v) is 12.8. The van der Waals surface area contributed by atoms with Crippen molar-refractivity contribution < 1.29 is 41.4 Å². The van der Waals surface area contributed by atoms with Crippen LogP contribution in [0.1, 0.15) is 39.3 Å². The van der Waals surface area contributed by atoms with Gasteiger partial charge < -0.3 is 15.2 Å². The van der Waals surface area contributed by atoms with E-state index in [1.54, 1.807) is 49.5 Å². The molecule has 2 aromatic heterocycles. The molecule has 0 saturated heterocycles. The molecule has 1 unspecified atom stereocenters. The van der Waals surface area contributed by atoms with Crippen LogP contribution in [0.25, 0.3) is 5.65 Å². The zero-order valence-corrected chi connectivity index (χ0v) is 22.6. The maximum Gasteiger partial charge on any atom is 0.407 e. The summed E-state index contributed by atoms with van der Waals surface area (Å²) in [6.45, 7) is 1.77. The third-order valence-corrected chi connectivity index (χ3v) is 6.49. The summed E-state index contributed by atoms with van der Waals surface area (Å²) in [7, 11) is 0. The van der Waals surface area contributed by atoms with Crippen molar-refractivity contribution in [3.05, 3.63) is 101 Å². The number of hydrogen-bond acceptors (Lipinski definition) is 4. The van der Waals surface area contributed by atoms with E-state index in [1.165, 1.54) is 17.4 Å². The quantitative estimate of drug-likeness (QED) is 0.220. The van der Waals surface area contributed by atoms with E-state index in [9.17, 15) is 36.6 Å². The minimum atomic E-state index is -4.71. The van der Waals surface area contributed by atoms with Gasteiger partial charge in [-0.1, -0.05) is 36.4 Å². The predicted molar refractivity (Wildman–Crippen MR) is 142 cm³/mol. The van der Waals surface area contributed by atoms with Crippen LogP contribution >= 0.6 is 0 Å². The molecule has 2 amide bonds. The van der Waals surface area contributed by atoms with Gasteiger partial charge in [0.1, 0.15) is 23.9 Å². The number of nitrogens with one attached hydrogen (secondary N) is 1. The first-order chi connectivity index (χ1) is 19.8. The van der Waals surface area contributed by atoms with Gasteiger partial charge >= 0.3 is 12.3 Å². The van der Waals surface area contributed by atoms with Crippen molar-refractivity contribution in [2.75, 3.05) is 6.54 Å². The Morgan fingerprint density at radius 1 is 1.07 bits per heavy atom. The third kappa shape index (κ3) is 7.14. The molecule has 4 rings (SSSR count). The zero-order chi connectivity index (χ0) is 30.6. The summed E-state index contributed by atoms with van der Waals surface area (Å²) in [5, 5.41) is 12.2. The number of amides is 2. The zero-order valence-electron chi connectivity index (χ0n) is 22.6. The number of ether oxygens (including phenoxy) is 1. The number of aryl methyl sites for hydroxylation is 2. The second-order valence-corrected chi connectivity index (χ2v) is 9.69. The van der Waals surface area contributed by atoms with Gasteiger partial charge in [-0.2, -0.15) is 13.2 Å². The molecule has 0 aliphatic heterocycles. The van der Waals surface area contributed by atoms with Crippen molar-refractivity contribution in [1.82, 2.24) is 19.6 Å². The Morgan fingerprint density at radius 3 is 2.36 bits per heavy atom. The van der Waals surface area contributed by atoms with E-state index in [2.05, 4.69) is 10.3 Å². The number of benzene rings is 2. The molecule has 2 N–H and O–H groups in total. The lowest BCUT2D eigenvalue weighted by Gasteiger charge is -2.30. The fourth-order valence-electron chi connectivity index (χ4n) is 4.54. The Kier molecular flexibility index (Phi) is 8.98. The molecule has 0 aliphatic carbocycles. The van der Waals surface area contributed by atoms with Gasteiger partial charge in [0.2, 0.25) is 0 Å². The molecular formula is C29H27F5N4O4. The Balaban J connectivity index is 1.59. The number of hydrogen-bond donors (Lipinski definition) is 2. The minimum absolute atomic E-state index is 0.0219. The van der Waals surface area contributed by atoms with E-state index in [0.29, 0.717) is 16.0 Å². The van der Waals surface area contributed by atoms with Crippen LogP contribution in [0.4, 0.5) is 26.7 Å². The first-order valence-electron chi connectivity index (χ1n) is 12.8. The van der Waals surface area contributed by atoms with E-state index in [-0.39, 0.29) is 34.9 Å². The highest BCUT2D eigenvalue weighted by molar-refractivity contribution is 5.95. The van der Waals surface area contributed by atoms with E-state index >= 15 is 0 Å². The topological polar surface area (TPSA) is 96.2 Å². The largest absolute Gasteiger partial charge is 0.485 e. The number of rotatable bonds is 10. The molecule has 13 heteroatoms. The van der Waals surface area contributed by atoms with Gasteiger partial charge in [-0.05, 0) is 43.2 Å². The van der Waals surface area contributed by atoms with Crippen LogP contribution in [0.15, 0.2) is 60.8 Å². The fraction of sp³-hybridized carbons (Fsp3) is 0.276. The lowest BCUT2D eigenvalue weighted by molar-refractivity contribution is -0.145. The average Bonchev–Trinajstić information content (AvgIpc) is 3.24. The summed E-state index contributed by atoms with van der Waals surface area (Å²) in [5.41, 5.74) is 1.09. The van der Waals surface area contributed by atoms with Crippen LogP contribution in [0.3, 0.4) is 0 Å². The van der Waals surface area contributed by atoms with Gasteiger partial charge in [-0.25, -0.2) is 18.6 Å². The monoisotopic (exact) mass is 590 g/mol. The number of pyridine rings is 1. The van der Waals surface area contributed by atoms with E-state index in [4.69, 9.17) is 4.74 Å². The molecule has 0 bridgehead atoms. The number of imidazole rings is 1. The van der Waals surface area contributed by atoms with E-state index in [0.717, 1.165) is 12.1 Å². The highest BCUT2D eigenvalue weighted by Gasteiger charge is 2.37. The van der Waals surface area contributed by atoms with Crippen LogP contribution < -0.4 is 10.1 Å². The Hall–Kier alpha value is -4.68. The SMILES string of the molecule is Cc1cc(OCc2c(F)cccc2F)c2nc(C)c(C(=O)NCC(CC(F)(F)F)N(Cc3ccccc3)C(=O)O)n2c1. The number of carbonyl (C=O) groups is 2. The maximum absolute atomic E-state index is 14.1. The summed E-state index contributed by atoms with van der Waals surface area (Å²) in [6, 6.07) is 11.5. The summed E-state index contributed by atoms with van der Waals surface area (Å²) in [4.78, 5) is 30.3. The molecule has 42 heavy (non-hydrogen) atoms. The smallest absolute Gasteiger partial charge is 0.407 e. The lowest BCUT2D eigenvalue weighted by atomic mass is 10.1. The average molecular weight is 591 g/mol. The molecule has 0 fully saturated rings. The summed E-state index contributed by atoms with van der Waals surface area (Å²) in [6.07, 6.45) is -6.22. The van der Waals surface area contributed by atoms with Gasteiger partial charge in [0.05, 0.1) is 23.7 Å². The lowest BCUT2D eigenvalue weighted by Crippen LogP contribution is -2.48. The first kappa shape index (κ1) is 30.3. The van der Waals surface area contributed by atoms with Crippen molar-refractivity contribution in [3.63, 3.8) is 0 Å². The number of nitrogens with zero attached hydrogens (tertiary/aromatic N) is 3. The molecule has 8 nitrogen and oxygen atoms in total. The standard InChI is InChI=1S/C29H27F5N4O4/c1-17-11-24(42-16-21-22(30)9-6-10-23(21)31)26-36-18(2)25(38(26)14-17)27(39)35-13-20(12-29(32,33)34)37(28(40)41)15-19-7-4-3-5-8-19/h3-11,14,20H,12-13,15-16H2,1-2H3,(H,35,39)(H,40,41). The Labute approximate surface area is 237 Å². The van der Waals surface area contributed by atoms with Gasteiger partial charge in [-0.15, -0.1) is 0 Å². The molecule has 0 saturated carbocycles. The van der Waals surface area contributed by atoms with Gasteiger partial charge in [0, 0.05) is 19.3 Å². The molecular weight excluding hydrogens is 563 g/mol. The molecule has 2 aromatic carbocycles. The Bertz CT molecular complexity index is 1570. The molecule has 4 aromatic rings. The third-order valence-electron chi connectivity index (χ3n) is 6.49. The number of halogens is 5. The number of carbonyl (C=O) groups excluding carboxylic acids is 1. The normalized spacial score (nSPS) is 12.3. The van der Waals surface area contributed by atoms with Crippen LogP contribution in [0, 0.1) is 25.5 Å². The number of aromatic nitrogens is 2. The van der Waals surface area contributed by atoms with Gasteiger partial charge in [0.15, 0.2) is 11.4 Å². The van der Waals surface area contributed by atoms with Crippen LogP contribution in [0.2, 0.25) is 0 Å². The number of alkyl halides is 3. The van der Waals surface area contributed by atoms with Crippen molar-refractivity contribution >= 4 is 17.6 Å². The second kappa shape index (κ2) is 12.5. The van der Waals surface area contributed by atoms with Crippen LogP contribution in [-0.4, -0.2) is 50.2 Å². The highest BCUT2D eigenvalue weighted by atomic mass is 19.4. The fourth-order valence-corrected chi connectivity index (χ4v) is 4.54. The van der Waals surface area contributed by atoms with Crippen LogP contribution in [-0.2, 0) is 13.2 Å². The number of fused-ring (bicyclic) bond motifs is 1. The summed E-state index contributed by atoms with van der Waals surface area (Å²) >= 11 is 0. The van der Waals surface area contributed by atoms with Crippen molar-refractivity contribution in [1.29, 1.82) is 0 Å². The van der Waals surface area contributed by atoms with Crippen molar-refractivity contribution in [2.45, 2.75) is 45.6 Å². The maximum atomic E-state index is 14.1. The predicted octanol–water partition coefficient (Wildman–Crippen LogP) is 6.04. The van der Waals surface area contributed by atoms with Gasteiger partial charge in [-0.3, -0.25) is 14.1 Å². The number of carboxylic acid groups (broad SMARTS) is 1. The molecule has 222 valence electrons. The molecule has 0 aliphatic rings. The second-order valence-electron chi connectivity index (χ2n) is 9.69. The van der Waals surface area contributed by atoms with Gasteiger partial charge in [0.25, 0.3) is 5.91 Å². The molecule has 1 atom stereocenters. The minimum Gasteiger partial charge on any atom is -0.485 e. The highest BCUT2D eigenvalue weighted by Crippen LogP contribution is 2.27. The van der Waals surface area contributed by atoms with Crippen LogP contribution in [0.5, 0.6) is 5.75 Å². The molecule has 2 heterocycles. The Morgan fingerprint density at radius 2 is 1.74 bits per heavy atom. The summed E-state index contributed by atoms with van der Waals surface area (Å²) < 4.78 is 75.6. The van der Waals surface area contributed by atoms with E-state index < -0.39 is 55.4 Å². The van der Waals surface area contributed by atoms with Crippen molar-refractivity contribution in [2.24, 2.45) is 0 Å². The van der Waals surface area contributed by atoms with Crippen molar-refractivity contribution in [3.8, 4) is 5.75 Å². The van der Waals surface area contributed by atoms with E-state index in [1.807, 2.05) is 0 Å².